The molecule has 1 aliphatic rings. The van der Waals surface area contributed by atoms with Crippen LogP contribution >= 0.6 is 0 Å². The molecule has 0 radical (unpaired) electrons. The predicted octanol–water partition coefficient (Wildman–Crippen LogP) is 4.66. The summed E-state index contributed by atoms with van der Waals surface area (Å²) in [4.78, 5) is 41.3. The number of rotatable bonds is 11. The van der Waals surface area contributed by atoms with Gasteiger partial charge in [0.25, 0.3) is 0 Å². The molecule has 9 heteroatoms. The maximum Gasteiger partial charge on any atom is 0.248 e. The minimum atomic E-state index is -1.07. The summed E-state index contributed by atoms with van der Waals surface area (Å²) >= 11 is 0. The van der Waals surface area contributed by atoms with Crippen LogP contribution in [0.3, 0.4) is 0 Å². The molecule has 0 aliphatic heterocycles. The average Bonchev–Trinajstić information content (AvgIpc) is 3.64. The number of furan rings is 1. The van der Waals surface area contributed by atoms with Gasteiger partial charge in [0.05, 0.1) is 19.9 Å². The molecule has 3 amide bonds. The van der Waals surface area contributed by atoms with Crippen LogP contribution in [0.25, 0.3) is 0 Å². The standard InChI is InChI=1S/C29H32FN3O5/c1-37-24-9-4-8-23(18-24)33(27(35)16-15-26(34)31-19-25-10-5-17-38-25)28(20-11-13-21(30)14-12-20)29(36)32-22-6-2-3-7-22/h4-5,8-14,17-18,22,28H,2-3,6-7,15-16,19H2,1H3,(H,31,34)(H,32,36)/t28-/m0/s1. The van der Waals surface area contributed by atoms with Crippen LogP contribution in [0.1, 0.15) is 55.9 Å². The first kappa shape index (κ1) is 26.9. The van der Waals surface area contributed by atoms with Gasteiger partial charge in [-0.25, -0.2) is 4.39 Å². The van der Waals surface area contributed by atoms with Crippen molar-refractivity contribution in [3.63, 3.8) is 0 Å². The van der Waals surface area contributed by atoms with E-state index in [2.05, 4.69) is 10.6 Å². The molecule has 0 saturated heterocycles. The molecule has 0 bridgehead atoms. The second-order valence-electron chi connectivity index (χ2n) is 9.27. The van der Waals surface area contributed by atoms with Crippen LogP contribution in [-0.2, 0) is 20.9 Å². The van der Waals surface area contributed by atoms with Gasteiger partial charge in [-0.3, -0.25) is 19.3 Å². The number of amides is 3. The number of carbonyl (C=O) groups is 3. The zero-order valence-corrected chi connectivity index (χ0v) is 21.3. The van der Waals surface area contributed by atoms with Crippen molar-refractivity contribution in [3.05, 3.63) is 84.1 Å². The molecule has 38 heavy (non-hydrogen) atoms. The lowest BCUT2D eigenvalue weighted by molar-refractivity contribution is -0.128. The zero-order valence-electron chi connectivity index (χ0n) is 21.3. The molecule has 1 fully saturated rings. The lowest BCUT2D eigenvalue weighted by Gasteiger charge is -2.32. The van der Waals surface area contributed by atoms with Crippen molar-refractivity contribution in [2.75, 3.05) is 12.0 Å². The van der Waals surface area contributed by atoms with Gasteiger partial charge in [0.2, 0.25) is 17.7 Å². The number of carbonyl (C=O) groups excluding carboxylic acids is 3. The number of nitrogens with one attached hydrogen (secondary N) is 2. The van der Waals surface area contributed by atoms with Gasteiger partial charge in [0.1, 0.15) is 23.4 Å². The smallest absolute Gasteiger partial charge is 0.248 e. The van der Waals surface area contributed by atoms with E-state index >= 15 is 0 Å². The van der Waals surface area contributed by atoms with Crippen molar-refractivity contribution < 1.29 is 27.9 Å². The largest absolute Gasteiger partial charge is 0.497 e. The van der Waals surface area contributed by atoms with E-state index in [1.54, 1.807) is 36.4 Å². The van der Waals surface area contributed by atoms with Crippen LogP contribution in [0.4, 0.5) is 10.1 Å². The Morgan fingerprint density at radius 3 is 2.50 bits per heavy atom. The number of nitrogens with zero attached hydrogens (tertiary/aromatic N) is 1. The summed E-state index contributed by atoms with van der Waals surface area (Å²) < 4.78 is 24.4. The Balaban J connectivity index is 1.61. The number of benzene rings is 2. The Bertz CT molecular complexity index is 1220. The Morgan fingerprint density at radius 2 is 1.82 bits per heavy atom. The maximum absolute atomic E-state index is 13.8. The van der Waals surface area contributed by atoms with E-state index < -0.39 is 17.8 Å². The summed E-state index contributed by atoms with van der Waals surface area (Å²) in [5.41, 5.74) is 0.890. The summed E-state index contributed by atoms with van der Waals surface area (Å²) in [6, 6.07) is 14.8. The van der Waals surface area contributed by atoms with Gasteiger partial charge in [-0.05, 0) is 54.8 Å². The number of hydrogen-bond acceptors (Lipinski definition) is 5. The van der Waals surface area contributed by atoms with Crippen LogP contribution in [-0.4, -0.2) is 30.9 Å². The van der Waals surface area contributed by atoms with Crippen LogP contribution < -0.4 is 20.3 Å². The normalized spacial score (nSPS) is 14.1. The van der Waals surface area contributed by atoms with Gasteiger partial charge < -0.3 is 19.8 Å². The summed E-state index contributed by atoms with van der Waals surface area (Å²) in [7, 11) is 1.51. The van der Waals surface area contributed by atoms with E-state index in [0.717, 1.165) is 25.7 Å². The van der Waals surface area contributed by atoms with E-state index in [0.29, 0.717) is 22.8 Å². The predicted molar refractivity (Wildman–Crippen MR) is 140 cm³/mol. The third kappa shape index (κ3) is 7.00. The Hall–Kier alpha value is -4.14. The third-order valence-electron chi connectivity index (χ3n) is 6.60. The molecule has 3 aromatic rings. The molecule has 1 atom stereocenters. The Morgan fingerprint density at radius 1 is 1.05 bits per heavy atom. The van der Waals surface area contributed by atoms with Crippen LogP contribution in [0, 0.1) is 5.82 Å². The minimum absolute atomic E-state index is 0.0140. The van der Waals surface area contributed by atoms with Crippen LogP contribution in [0.5, 0.6) is 5.75 Å². The van der Waals surface area contributed by atoms with Crippen molar-refractivity contribution in [3.8, 4) is 5.75 Å². The second-order valence-corrected chi connectivity index (χ2v) is 9.27. The first-order chi connectivity index (χ1) is 18.4. The van der Waals surface area contributed by atoms with Crippen molar-refractivity contribution in [2.45, 2.75) is 57.2 Å². The van der Waals surface area contributed by atoms with Crippen LogP contribution in [0.15, 0.2) is 71.3 Å². The molecule has 0 unspecified atom stereocenters. The molecule has 1 heterocycles. The topological polar surface area (TPSA) is 101 Å². The average molecular weight is 522 g/mol. The first-order valence-corrected chi connectivity index (χ1v) is 12.8. The van der Waals surface area contributed by atoms with Gasteiger partial charge in [-0.1, -0.05) is 31.0 Å². The summed E-state index contributed by atoms with van der Waals surface area (Å²) in [5.74, 6) is -0.456. The van der Waals surface area contributed by atoms with Crippen molar-refractivity contribution in [1.82, 2.24) is 10.6 Å². The quantitative estimate of drug-likeness (QED) is 0.382. The first-order valence-electron chi connectivity index (χ1n) is 12.8. The molecular formula is C29H32FN3O5. The summed E-state index contributed by atoms with van der Waals surface area (Å²) in [5, 5.41) is 5.81. The van der Waals surface area contributed by atoms with E-state index in [4.69, 9.17) is 9.15 Å². The molecule has 2 aromatic carbocycles. The highest BCUT2D eigenvalue weighted by Crippen LogP contribution is 2.32. The monoisotopic (exact) mass is 521 g/mol. The van der Waals surface area contributed by atoms with Gasteiger partial charge in [0.15, 0.2) is 0 Å². The Kier molecular flexibility index (Phi) is 9.13. The molecule has 1 aromatic heterocycles. The highest BCUT2D eigenvalue weighted by atomic mass is 19.1. The van der Waals surface area contributed by atoms with Crippen molar-refractivity contribution in [1.29, 1.82) is 0 Å². The molecule has 4 rings (SSSR count). The third-order valence-corrected chi connectivity index (χ3v) is 6.60. The van der Waals surface area contributed by atoms with Crippen molar-refractivity contribution >= 4 is 23.4 Å². The summed E-state index contributed by atoms with van der Waals surface area (Å²) in [6.07, 6.45) is 5.07. The number of halogens is 1. The van der Waals surface area contributed by atoms with Gasteiger partial charge in [0, 0.05) is 30.6 Å². The number of ether oxygens (including phenoxy) is 1. The van der Waals surface area contributed by atoms with Crippen molar-refractivity contribution in [2.24, 2.45) is 0 Å². The fourth-order valence-electron chi connectivity index (χ4n) is 4.64. The van der Waals surface area contributed by atoms with Gasteiger partial charge in [-0.15, -0.1) is 0 Å². The number of methoxy groups -OCH3 is 1. The Labute approximate surface area is 221 Å². The number of hydrogen-bond donors (Lipinski definition) is 2. The van der Waals surface area contributed by atoms with Gasteiger partial charge >= 0.3 is 0 Å². The molecule has 200 valence electrons. The SMILES string of the molecule is COc1cccc(N(C(=O)CCC(=O)NCc2ccco2)[C@H](C(=O)NC2CCCC2)c2ccc(F)cc2)c1. The van der Waals surface area contributed by atoms with Gasteiger partial charge in [-0.2, -0.15) is 0 Å². The highest BCUT2D eigenvalue weighted by Gasteiger charge is 2.34. The van der Waals surface area contributed by atoms with E-state index in [9.17, 15) is 18.8 Å². The lowest BCUT2D eigenvalue weighted by Crippen LogP contribution is -2.46. The molecule has 8 nitrogen and oxygen atoms in total. The fraction of sp³-hybridized carbons (Fsp3) is 0.345. The highest BCUT2D eigenvalue weighted by molar-refractivity contribution is 6.02. The van der Waals surface area contributed by atoms with Crippen LogP contribution in [0.2, 0.25) is 0 Å². The van der Waals surface area contributed by atoms with E-state index in [1.165, 1.54) is 42.5 Å². The van der Waals surface area contributed by atoms with E-state index in [1.807, 2.05) is 0 Å². The maximum atomic E-state index is 13.8. The molecule has 1 aliphatic carbocycles. The molecule has 1 saturated carbocycles. The lowest BCUT2D eigenvalue weighted by atomic mass is 10.0. The molecule has 2 N–H and O–H groups in total. The van der Waals surface area contributed by atoms with E-state index in [-0.39, 0.29) is 37.2 Å². The fourth-order valence-corrected chi connectivity index (χ4v) is 4.64. The number of anilines is 1. The molecule has 0 spiro atoms. The second kappa shape index (κ2) is 12.9. The minimum Gasteiger partial charge on any atom is -0.497 e. The zero-order chi connectivity index (χ0) is 26.9. The summed E-state index contributed by atoms with van der Waals surface area (Å²) in [6.45, 7) is 0.210. The molecular weight excluding hydrogens is 489 g/mol.